The highest BCUT2D eigenvalue weighted by molar-refractivity contribution is 5.91. The van der Waals surface area contributed by atoms with Crippen LogP contribution in [-0.2, 0) is 9.53 Å². The van der Waals surface area contributed by atoms with Gasteiger partial charge in [0.15, 0.2) is 5.78 Å². The van der Waals surface area contributed by atoms with Crippen LogP contribution in [0.2, 0.25) is 0 Å². The maximum absolute atomic E-state index is 11.9. The second-order valence-corrected chi connectivity index (χ2v) is 8.97. The molecule has 0 aliphatic heterocycles. The van der Waals surface area contributed by atoms with E-state index in [0.717, 1.165) is 25.7 Å². The summed E-state index contributed by atoms with van der Waals surface area (Å²) in [6.45, 7) is 4.69. The molecule has 4 aliphatic rings. The van der Waals surface area contributed by atoms with Gasteiger partial charge in [0.05, 0.1) is 12.2 Å². The zero-order chi connectivity index (χ0) is 16.4. The summed E-state index contributed by atoms with van der Waals surface area (Å²) in [4.78, 5) is 11.9. The zero-order valence-electron chi connectivity index (χ0n) is 14.7. The Kier molecular flexibility index (Phi) is 3.55. The van der Waals surface area contributed by atoms with Crippen LogP contribution < -0.4 is 0 Å². The minimum Gasteiger partial charge on any atom is -0.390 e. The molecular weight excluding hydrogens is 288 g/mol. The molecule has 0 unspecified atom stereocenters. The van der Waals surface area contributed by atoms with Gasteiger partial charge in [0.25, 0.3) is 0 Å². The topological polar surface area (TPSA) is 46.5 Å². The predicted octanol–water partition coefficient (Wildman–Crippen LogP) is 3.50. The fraction of sp³-hybridized carbons (Fsp3) is 0.850. The number of methoxy groups -OCH3 is 1. The third-order valence-corrected chi connectivity index (χ3v) is 8.22. The minimum absolute atomic E-state index is 0.00132. The predicted molar refractivity (Wildman–Crippen MR) is 88.9 cm³/mol. The van der Waals surface area contributed by atoms with Crippen LogP contribution in [0.25, 0.3) is 0 Å². The van der Waals surface area contributed by atoms with Crippen molar-refractivity contribution >= 4 is 5.78 Å². The number of carbonyl (C=O) groups excluding carboxylic acids is 1. The fourth-order valence-electron chi connectivity index (χ4n) is 6.75. The van der Waals surface area contributed by atoms with Crippen LogP contribution in [0.3, 0.4) is 0 Å². The normalized spacial score (nSPS) is 52.4. The molecule has 128 valence electrons. The summed E-state index contributed by atoms with van der Waals surface area (Å²) in [6, 6.07) is 0. The van der Waals surface area contributed by atoms with Crippen LogP contribution in [0.4, 0.5) is 0 Å². The number of carbonyl (C=O) groups is 1. The summed E-state index contributed by atoms with van der Waals surface area (Å²) in [7, 11) is 1.74. The number of hydrogen-bond donors (Lipinski definition) is 1. The molecule has 1 N–H and O–H groups in total. The van der Waals surface area contributed by atoms with E-state index in [4.69, 9.17) is 4.74 Å². The zero-order valence-corrected chi connectivity index (χ0v) is 14.7. The summed E-state index contributed by atoms with van der Waals surface area (Å²) in [5, 5.41) is 10.8. The smallest absolute Gasteiger partial charge is 0.155 e. The van der Waals surface area contributed by atoms with Crippen LogP contribution in [0.15, 0.2) is 11.6 Å². The number of ether oxygens (including phenoxy) is 1. The summed E-state index contributed by atoms with van der Waals surface area (Å²) in [6.07, 6.45) is 8.93. The molecule has 0 saturated heterocycles. The molecule has 0 bridgehead atoms. The number of rotatable bonds is 1. The molecule has 23 heavy (non-hydrogen) atoms. The van der Waals surface area contributed by atoms with Crippen molar-refractivity contribution in [2.24, 2.45) is 28.6 Å². The van der Waals surface area contributed by atoms with E-state index >= 15 is 0 Å². The van der Waals surface area contributed by atoms with Gasteiger partial charge in [-0.3, -0.25) is 4.79 Å². The lowest BCUT2D eigenvalue weighted by Gasteiger charge is -2.57. The third kappa shape index (κ3) is 2.05. The molecule has 3 saturated carbocycles. The number of ketones is 1. The lowest BCUT2D eigenvalue weighted by Crippen LogP contribution is -2.51. The Morgan fingerprint density at radius 1 is 1.17 bits per heavy atom. The molecule has 4 rings (SSSR count). The van der Waals surface area contributed by atoms with Crippen molar-refractivity contribution in [3.8, 4) is 0 Å². The van der Waals surface area contributed by atoms with Crippen molar-refractivity contribution in [2.45, 2.75) is 71.0 Å². The van der Waals surface area contributed by atoms with Gasteiger partial charge >= 0.3 is 0 Å². The van der Waals surface area contributed by atoms with E-state index in [1.807, 2.05) is 6.08 Å². The Morgan fingerprint density at radius 3 is 2.70 bits per heavy atom. The average molecular weight is 318 g/mol. The first-order valence-corrected chi connectivity index (χ1v) is 9.35. The van der Waals surface area contributed by atoms with E-state index in [-0.39, 0.29) is 23.0 Å². The van der Waals surface area contributed by atoms with Crippen molar-refractivity contribution in [1.29, 1.82) is 0 Å². The number of fused-ring (bicyclic) bond motifs is 5. The first kappa shape index (κ1) is 15.8. The van der Waals surface area contributed by atoms with Crippen LogP contribution >= 0.6 is 0 Å². The first-order chi connectivity index (χ1) is 10.9. The second kappa shape index (κ2) is 5.16. The van der Waals surface area contributed by atoms with E-state index < -0.39 is 0 Å². The molecule has 0 aromatic heterocycles. The molecule has 0 spiro atoms. The van der Waals surface area contributed by atoms with E-state index in [0.29, 0.717) is 30.0 Å². The van der Waals surface area contributed by atoms with E-state index in [2.05, 4.69) is 13.8 Å². The first-order valence-electron chi connectivity index (χ1n) is 9.35. The average Bonchev–Trinajstić information content (AvgIpc) is 2.79. The lowest BCUT2D eigenvalue weighted by atomic mass is 9.47. The lowest BCUT2D eigenvalue weighted by molar-refractivity contribution is -0.118. The molecule has 3 nitrogen and oxygen atoms in total. The van der Waals surface area contributed by atoms with Gasteiger partial charge in [-0.15, -0.1) is 0 Å². The SMILES string of the molecule is CO[C@@H]1C[C@H]2[C@@H]3CCC4=CC(=O)CC[C@]4(C)[C@H]3CC[C@]2(C)[C@H]1O. The Labute approximate surface area is 139 Å². The Morgan fingerprint density at radius 2 is 1.96 bits per heavy atom. The van der Waals surface area contributed by atoms with E-state index in [1.165, 1.54) is 18.4 Å². The van der Waals surface area contributed by atoms with Crippen molar-refractivity contribution in [3.63, 3.8) is 0 Å². The van der Waals surface area contributed by atoms with Crippen LogP contribution in [0.1, 0.15) is 58.8 Å². The van der Waals surface area contributed by atoms with Gasteiger partial charge in [0, 0.05) is 13.5 Å². The monoisotopic (exact) mass is 318 g/mol. The van der Waals surface area contributed by atoms with Crippen molar-refractivity contribution in [1.82, 2.24) is 0 Å². The van der Waals surface area contributed by atoms with Crippen molar-refractivity contribution < 1.29 is 14.6 Å². The summed E-state index contributed by atoms with van der Waals surface area (Å²) in [5.41, 5.74) is 1.65. The maximum atomic E-state index is 11.9. The molecule has 3 fully saturated rings. The number of aliphatic hydroxyl groups excluding tert-OH is 1. The van der Waals surface area contributed by atoms with Crippen LogP contribution in [0.5, 0.6) is 0 Å². The Bertz CT molecular complexity index is 553. The summed E-state index contributed by atoms with van der Waals surface area (Å²) >= 11 is 0. The molecule has 4 aliphatic carbocycles. The number of hydrogen-bond acceptors (Lipinski definition) is 3. The molecular formula is C20H30O3. The molecule has 0 heterocycles. The summed E-state index contributed by atoms with van der Waals surface area (Å²) in [5.74, 6) is 2.25. The fourth-order valence-corrected chi connectivity index (χ4v) is 6.75. The Balaban J connectivity index is 1.67. The van der Waals surface area contributed by atoms with Crippen molar-refractivity contribution in [2.75, 3.05) is 7.11 Å². The maximum Gasteiger partial charge on any atom is 0.155 e. The molecule has 0 amide bonds. The second-order valence-electron chi connectivity index (χ2n) is 8.97. The standard InChI is InChI=1S/C20H30O3/c1-19-8-6-13(21)10-12(19)4-5-14-15(19)7-9-20(2)16(14)11-17(23-3)18(20)22/h10,14-18,22H,4-9,11H2,1-3H3/t14-,15+,16+,17-,18+,19+,20+/m1/s1. The van der Waals surface area contributed by atoms with Gasteiger partial charge in [-0.05, 0) is 73.2 Å². The third-order valence-electron chi connectivity index (χ3n) is 8.22. The van der Waals surface area contributed by atoms with Gasteiger partial charge in [-0.2, -0.15) is 0 Å². The van der Waals surface area contributed by atoms with Crippen molar-refractivity contribution in [3.05, 3.63) is 11.6 Å². The van der Waals surface area contributed by atoms with Gasteiger partial charge in [-0.1, -0.05) is 19.4 Å². The minimum atomic E-state index is -0.323. The molecule has 0 radical (unpaired) electrons. The van der Waals surface area contributed by atoms with Gasteiger partial charge in [0.1, 0.15) is 0 Å². The highest BCUT2D eigenvalue weighted by atomic mass is 16.5. The molecule has 7 atom stereocenters. The summed E-state index contributed by atoms with van der Waals surface area (Å²) < 4.78 is 5.60. The van der Waals surface area contributed by atoms with Gasteiger partial charge in [-0.25, -0.2) is 0 Å². The largest absolute Gasteiger partial charge is 0.390 e. The van der Waals surface area contributed by atoms with Gasteiger partial charge in [0.2, 0.25) is 0 Å². The molecule has 0 aromatic carbocycles. The highest BCUT2D eigenvalue weighted by Gasteiger charge is 2.61. The van der Waals surface area contributed by atoms with Gasteiger partial charge < -0.3 is 9.84 Å². The van der Waals surface area contributed by atoms with E-state index in [1.54, 1.807) is 7.11 Å². The number of allylic oxidation sites excluding steroid dienone is 1. The van der Waals surface area contributed by atoms with E-state index in [9.17, 15) is 9.90 Å². The quantitative estimate of drug-likeness (QED) is 0.805. The molecule has 0 aromatic rings. The molecule has 3 heteroatoms. The highest BCUT2D eigenvalue weighted by Crippen LogP contribution is 2.65. The Hall–Kier alpha value is -0.670. The van der Waals surface area contributed by atoms with Crippen LogP contribution in [0, 0.1) is 28.6 Å². The van der Waals surface area contributed by atoms with Crippen LogP contribution in [-0.4, -0.2) is 30.2 Å². The number of aliphatic hydroxyl groups is 1.